The van der Waals surface area contributed by atoms with Crippen LogP contribution in [0.5, 0.6) is 0 Å². The summed E-state index contributed by atoms with van der Waals surface area (Å²) in [5, 5.41) is 0. The van der Waals surface area contributed by atoms with Crippen LogP contribution in [0, 0.1) is 0 Å². The summed E-state index contributed by atoms with van der Waals surface area (Å²) < 4.78 is 11.8. The lowest BCUT2D eigenvalue weighted by Gasteiger charge is -2.53. The summed E-state index contributed by atoms with van der Waals surface area (Å²) >= 11 is 0. The molecule has 0 spiro atoms. The SMILES string of the molecule is CO[Si](C)(C)CCCCCCOC1CC(C)(C)N(C)C(C)(C)C1. The van der Waals surface area contributed by atoms with E-state index >= 15 is 0 Å². The molecule has 1 aliphatic heterocycles. The first-order valence-electron chi connectivity index (χ1n) is 9.41. The predicted octanol–water partition coefficient (Wildman–Crippen LogP) is 5.07. The van der Waals surface area contributed by atoms with Crippen molar-refractivity contribution in [3.8, 4) is 0 Å². The second-order valence-corrected chi connectivity index (χ2v) is 13.6. The molecule has 138 valence electrons. The van der Waals surface area contributed by atoms with E-state index in [2.05, 4.69) is 52.7 Å². The zero-order valence-corrected chi connectivity index (χ0v) is 18.0. The van der Waals surface area contributed by atoms with Crippen LogP contribution < -0.4 is 0 Å². The van der Waals surface area contributed by atoms with Crippen LogP contribution in [0.15, 0.2) is 0 Å². The Balaban J connectivity index is 2.19. The van der Waals surface area contributed by atoms with Crippen LogP contribution in [0.1, 0.15) is 66.2 Å². The predicted molar refractivity (Wildman–Crippen MR) is 103 cm³/mol. The normalized spacial score (nSPS) is 22.4. The fraction of sp³-hybridized carbons (Fsp3) is 1.00. The third-order valence-electron chi connectivity index (χ3n) is 5.85. The van der Waals surface area contributed by atoms with Gasteiger partial charge in [-0.3, -0.25) is 4.90 Å². The molecule has 1 aliphatic rings. The van der Waals surface area contributed by atoms with Gasteiger partial charge >= 0.3 is 0 Å². The maximum atomic E-state index is 6.23. The van der Waals surface area contributed by atoms with Crippen LogP contribution in [0.4, 0.5) is 0 Å². The molecule has 0 bridgehead atoms. The molecule has 0 atom stereocenters. The number of piperidine rings is 1. The molecule has 0 radical (unpaired) electrons. The van der Waals surface area contributed by atoms with Crippen LogP contribution in [0.3, 0.4) is 0 Å². The van der Waals surface area contributed by atoms with E-state index < -0.39 is 8.32 Å². The summed E-state index contributed by atoms with van der Waals surface area (Å²) in [5.41, 5.74) is 0.450. The second-order valence-electron chi connectivity index (χ2n) is 9.21. The first-order valence-corrected chi connectivity index (χ1v) is 12.5. The average molecular weight is 344 g/mol. The Labute approximate surface area is 146 Å². The zero-order valence-electron chi connectivity index (χ0n) is 17.0. The number of ether oxygens (including phenoxy) is 1. The summed E-state index contributed by atoms with van der Waals surface area (Å²) in [6.45, 7) is 14.9. The highest BCUT2D eigenvalue weighted by molar-refractivity contribution is 6.71. The van der Waals surface area contributed by atoms with Gasteiger partial charge in [0.2, 0.25) is 0 Å². The molecule has 0 aromatic heterocycles. The van der Waals surface area contributed by atoms with Crippen molar-refractivity contribution >= 4 is 8.32 Å². The summed E-state index contributed by atoms with van der Waals surface area (Å²) in [5.74, 6) is 0. The third-order valence-corrected chi connectivity index (χ3v) is 8.51. The fourth-order valence-electron chi connectivity index (χ4n) is 3.76. The molecule has 0 saturated carbocycles. The molecule has 0 aromatic rings. The minimum absolute atomic E-state index is 0.225. The molecule has 0 N–H and O–H groups in total. The Morgan fingerprint density at radius 2 is 1.48 bits per heavy atom. The lowest BCUT2D eigenvalue weighted by molar-refractivity contribution is -0.0918. The van der Waals surface area contributed by atoms with E-state index in [0.29, 0.717) is 6.10 Å². The van der Waals surface area contributed by atoms with E-state index in [4.69, 9.17) is 9.16 Å². The van der Waals surface area contributed by atoms with E-state index in [1.54, 1.807) is 0 Å². The van der Waals surface area contributed by atoms with Crippen LogP contribution in [-0.4, -0.2) is 51.2 Å². The fourth-order valence-corrected chi connectivity index (χ4v) is 5.06. The van der Waals surface area contributed by atoms with Crippen molar-refractivity contribution in [2.75, 3.05) is 20.8 Å². The van der Waals surface area contributed by atoms with E-state index in [1.165, 1.54) is 31.7 Å². The van der Waals surface area contributed by atoms with Crippen molar-refractivity contribution < 1.29 is 9.16 Å². The standard InChI is InChI=1S/C19H41NO2Si/c1-18(2)15-17(16-19(3,4)20(18)5)22-13-11-9-10-12-14-23(7,8)21-6/h17H,9-16H2,1-8H3. The number of rotatable bonds is 9. The average Bonchev–Trinajstić information content (AvgIpc) is 2.43. The summed E-state index contributed by atoms with van der Waals surface area (Å²) in [6, 6.07) is 1.28. The quantitative estimate of drug-likeness (QED) is 0.431. The third kappa shape index (κ3) is 6.85. The highest BCUT2D eigenvalue weighted by Gasteiger charge is 2.43. The molecular formula is C19H41NO2Si. The molecule has 1 heterocycles. The van der Waals surface area contributed by atoms with Crippen LogP contribution in [0.25, 0.3) is 0 Å². The van der Waals surface area contributed by atoms with E-state index in [1.807, 2.05) is 7.11 Å². The van der Waals surface area contributed by atoms with Gasteiger partial charge in [-0.2, -0.15) is 0 Å². The van der Waals surface area contributed by atoms with Gasteiger partial charge < -0.3 is 9.16 Å². The minimum atomic E-state index is -1.35. The van der Waals surface area contributed by atoms with E-state index in [0.717, 1.165) is 19.4 Å². The second kappa shape index (κ2) is 8.46. The number of nitrogens with zero attached hydrogens (tertiary/aromatic N) is 1. The van der Waals surface area contributed by atoms with Gasteiger partial charge in [0.25, 0.3) is 0 Å². The molecule has 1 rings (SSSR count). The van der Waals surface area contributed by atoms with Crippen molar-refractivity contribution in [2.24, 2.45) is 0 Å². The molecule has 1 fully saturated rings. The molecule has 0 unspecified atom stereocenters. The van der Waals surface area contributed by atoms with Gasteiger partial charge in [-0.15, -0.1) is 0 Å². The molecule has 0 amide bonds. The van der Waals surface area contributed by atoms with Gasteiger partial charge in [-0.25, -0.2) is 0 Å². The molecule has 4 heteroatoms. The van der Waals surface area contributed by atoms with Gasteiger partial charge in [0.15, 0.2) is 8.32 Å². The van der Waals surface area contributed by atoms with Gasteiger partial charge in [-0.1, -0.05) is 19.3 Å². The van der Waals surface area contributed by atoms with Gasteiger partial charge in [0.05, 0.1) is 6.10 Å². The Morgan fingerprint density at radius 1 is 0.957 bits per heavy atom. The first kappa shape index (κ1) is 21.1. The zero-order chi connectivity index (χ0) is 17.7. The molecular weight excluding hydrogens is 302 g/mol. The van der Waals surface area contributed by atoms with Gasteiger partial charge in [-0.05, 0) is 73.1 Å². The molecule has 1 saturated heterocycles. The minimum Gasteiger partial charge on any atom is -0.420 e. The summed E-state index contributed by atoms with van der Waals surface area (Å²) in [7, 11) is 2.77. The van der Waals surface area contributed by atoms with E-state index in [-0.39, 0.29) is 11.1 Å². The van der Waals surface area contributed by atoms with Crippen molar-refractivity contribution in [2.45, 2.75) is 103 Å². The summed E-state index contributed by atoms with van der Waals surface area (Å²) in [4.78, 5) is 2.52. The lowest BCUT2D eigenvalue weighted by Crippen LogP contribution is -2.60. The van der Waals surface area contributed by atoms with Crippen LogP contribution >= 0.6 is 0 Å². The number of hydrogen-bond acceptors (Lipinski definition) is 3. The molecule has 0 aromatic carbocycles. The Morgan fingerprint density at radius 3 is 2.00 bits per heavy atom. The molecule has 3 nitrogen and oxygen atoms in total. The monoisotopic (exact) mass is 343 g/mol. The number of hydrogen-bond donors (Lipinski definition) is 0. The van der Waals surface area contributed by atoms with Gasteiger partial charge in [0, 0.05) is 24.8 Å². The Hall–Kier alpha value is 0.0969. The maximum Gasteiger partial charge on any atom is 0.186 e. The van der Waals surface area contributed by atoms with Crippen molar-refractivity contribution in [1.29, 1.82) is 0 Å². The largest absolute Gasteiger partial charge is 0.420 e. The lowest BCUT2D eigenvalue weighted by atomic mass is 9.79. The Kier molecular flexibility index (Phi) is 7.78. The summed E-state index contributed by atoms with van der Waals surface area (Å²) in [6.07, 6.45) is 7.79. The van der Waals surface area contributed by atoms with Crippen molar-refractivity contribution in [3.63, 3.8) is 0 Å². The molecule has 0 aliphatic carbocycles. The number of unbranched alkanes of at least 4 members (excludes halogenated alkanes) is 3. The van der Waals surface area contributed by atoms with Crippen molar-refractivity contribution in [1.82, 2.24) is 4.90 Å². The van der Waals surface area contributed by atoms with Gasteiger partial charge in [0.1, 0.15) is 0 Å². The van der Waals surface area contributed by atoms with E-state index in [9.17, 15) is 0 Å². The Bertz CT molecular complexity index is 337. The van der Waals surface area contributed by atoms with Crippen molar-refractivity contribution in [3.05, 3.63) is 0 Å². The smallest absolute Gasteiger partial charge is 0.186 e. The van der Waals surface area contributed by atoms with Crippen LogP contribution in [-0.2, 0) is 9.16 Å². The highest BCUT2D eigenvalue weighted by atomic mass is 28.4. The molecule has 23 heavy (non-hydrogen) atoms. The van der Waals surface area contributed by atoms with Crippen LogP contribution in [0.2, 0.25) is 19.1 Å². The first-order chi connectivity index (χ1) is 10.5. The topological polar surface area (TPSA) is 21.7 Å². The maximum absolute atomic E-state index is 6.23. The highest BCUT2D eigenvalue weighted by Crippen LogP contribution is 2.38. The number of likely N-dealkylation sites (tertiary alicyclic amines) is 1.